The zero-order valence-electron chi connectivity index (χ0n) is 23.9. The molecule has 0 radical (unpaired) electrons. The molecule has 1 aliphatic carbocycles. The zero-order chi connectivity index (χ0) is 31.7. The number of carbonyl (C=O) groups excluding carboxylic acids is 2. The Morgan fingerprint density at radius 3 is 2.19 bits per heavy atom. The van der Waals surface area contributed by atoms with Crippen LogP contribution in [0.2, 0.25) is 0 Å². The van der Waals surface area contributed by atoms with Gasteiger partial charge in [-0.25, -0.2) is 9.50 Å². The Hall–Kier alpha value is -3.68. The maximum absolute atomic E-state index is 13.7. The van der Waals surface area contributed by atoms with E-state index in [-0.39, 0.29) is 31.2 Å². The summed E-state index contributed by atoms with van der Waals surface area (Å²) in [5.74, 6) is -1.91. The van der Waals surface area contributed by atoms with Gasteiger partial charge < -0.3 is 14.9 Å². The van der Waals surface area contributed by atoms with Crippen molar-refractivity contribution in [2.75, 3.05) is 19.6 Å². The van der Waals surface area contributed by atoms with Crippen LogP contribution in [0.5, 0.6) is 0 Å². The molecule has 3 heterocycles. The maximum Gasteiger partial charge on any atom is 0.417 e. The first kappa shape index (κ1) is 30.8. The summed E-state index contributed by atoms with van der Waals surface area (Å²) >= 11 is 0. The number of imidazole rings is 1. The SMILES string of the molecule is CC(C)c1cc(-c2ccc(C(F)(F)F)cc2)nn2cc(C(=O)N3CCN(C(=O)C4CC(O)(C(F)(F)F)C4)CC3(C)C)nc12. The number of amides is 2. The molecule has 1 aliphatic heterocycles. The highest BCUT2D eigenvalue weighted by molar-refractivity contribution is 5.94. The molecule has 1 saturated carbocycles. The maximum atomic E-state index is 13.7. The van der Waals surface area contributed by atoms with E-state index in [1.807, 2.05) is 13.8 Å². The first-order valence-electron chi connectivity index (χ1n) is 13.8. The smallest absolute Gasteiger partial charge is 0.380 e. The number of carbonyl (C=O) groups is 2. The largest absolute Gasteiger partial charge is 0.417 e. The highest BCUT2D eigenvalue weighted by atomic mass is 19.4. The molecule has 0 spiro atoms. The Bertz CT molecular complexity index is 1560. The summed E-state index contributed by atoms with van der Waals surface area (Å²) in [7, 11) is 0. The molecule has 0 bridgehead atoms. The van der Waals surface area contributed by atoms with Gasteiger partial charge in [0.2, 0.25) is 5.91 Å². The van der Waals surface area contributed by atoms with Crippen LogP contribution < -0.4 is 0 Å². The molecule has 1 aromatic carbocycles. The minimum Gasteiger partial charge on any atom is -0.380 e. The lowest BCUT2D eigenvalue weighted by atomic mass is 9.69. The summed E-state index contributed by atoms with van der Waals surface area (Å²) < 4.78 is 79.6. The number of hydrogen-bond acceptors (Lipinski definition) is 5. The number of fused-ring (bicyclic) bond motifs is 1. The Kier molecular flexibility index (Phi) is 7.30. The normalized spacial score (nSPS) is 22.7. The van der Waals surface area contributed by atoms with E-state index in [1.54, 1.807) is 24.8 Å². The Labute approximate surface area is 243 Å². The third-order valence-electron chi connectivity index (χ3n) is 8.31. The zero-order valence-corrected chi connectivity index (χ0v) is 23.9. The number of piperazine rings is 1. The molecule has 43 heavy (non-hydrogen) atoms. The van der Waals surface area contributed by atoms with Crippen molar-refractivity contribution in [2.45, 2.75) is 69.9 Å². The molecule has 232 valence electrons. The summed E-state index contributed by atoms with van der Waals surface area (Å²) in [6.07, 6.45) is -9.19. The molecule has 1 saturated heterocycles. The number of hydrogen-bond donors (Lipinski definition) is 1. The molecule has 0 atom stereocenters. The fraction of sp³-hybridized carbons (Fsp3) is 0.517. The van der Waals surface area contributed by atoms with Crippen molar-refractivity contribution in [2.24, 2.45) is 5.92 Å². The number of halogens is 6. The van der Waals surface area contributed by atoms with Gasteiger partial charge in [-0.3, -0.25) is 9.59 Å². The van der Waals surface area contributed by atoms with Crippen LogP contribution in [-0.4, -0.2) is 78.3 Å². The third kappa shape index (κ3) is 5.56. The predicted molar refractivity (Wildman–Crippen MR) is 143 cm³/mol. The van der Waals surface area contributed by atoms with E-state index in [0.717, 1.165) is 17.7 Å². The second-order valence-electron chi connectivity index (χ2n) is 12.3. The van der Waals surface area contributed by atoms with E-state index in [9.17, 15) is 41.0 Å². The van der Waals surface area contributed by atoms with Gasteiger partial charge >= 0.3 is 12.4 Å². The van der Waals surface area contributed by atoms with Crippen LogP contribution in [0.15, 0.2) is 36.5 Å². The lowest BCUT2D eigenvalue weighted by molar-refractivity contribution is -0.297. The lowest BCUT2D eigenvalue weighted by Gasteiger charge is -2.50. The number of rotatable bonds is 4. The van der Waals surface area contributed by atoms with E-state index < -0.39 is 59.6 Å². The van der Waals surface area contributed by atoms with Crippen molar-refractivity contribution in [1.29, 1.82) is 0 Å². The van der Waals surface area contributed by atoms with Crippen LogP contribution in [0.3, 0.4) is 0 Å². The first-order valence-corrected chi connectivity index (χ1v) is 13.8. The third-order valence-corrected chi connectivity index (χ3v) is 8.31. The van der Waals surface area contributed by atoms with Gasteiger partial charge in [0.05, 0.1) is 23.0 Å². The van der Waals surface area contributed by atoms with Crippen molar-refractivity contribution in [3.8, 4) is 11.3 Å². The van der Waals surface area contributed by atoms with Gasteiger partial charge in [0, 0.05) is 36.7 Å². The van der Waals surface area contributed by atoms with Crippen LogP contribution in [0.4, 0.5) is 26.3 Å². The van der Waals surface area contributed by atoms with Crippen molar-refractivity contribution in [3.05, 3.63) is 53.3 Å². The summed E-state index contributed by atoms with van der Waals surface area (Å²) in [4.78, 5) is 34.1. The van der Waals surface area contributed by atoms with Crippen LogP contribution >= 0.6 is 0 Å². The molecule has 2 aromatic heterocycles. The molecule has 8 nitrogen and oxygen atoms in total. The first-order chi connectivity index (χ1) is 19.8. The van der Waals surface area contributed by atoms with Crippen LogP contribution in [0.25, 0.3) is 16.9 Å². The Balaban J connectivity index is 1.36. The monoisotopic (exact) mass is 611 g/mol. The quantitative estimate of drug-likeness (QED) is 0.405. The van der Waals surface area contributed by atoms with Crippen molar-refractivity contribution >= 4 is 17.5 Å². The van der Waals surface area contributed by atoms with Gasteiger partial charge in [0.25, 0.3) is 5.91 Å². The molecule has 0 unspecified atom stereocenters. The number of aromatic nitrogens is 3. The molecule has 5 rings (SSSR count). The number of aliphatic hydroxyl groups is 1. The summed E-state index contributed by atoms with van der Waals surface area (Å²) in [5.41, 5.74) is -2.41. The van der Waals surface area contributed by atoms with E-state index in [1.165, 1.54) is 27.7 Å². The molecule has 14 heteroatoms. The number of benzene rings is 1. The van der Waals surface area contributed by atoms with Gasteiger partial charge in [-0.15, -0.1) is 0 Å². The van der Waals surface area contributed by atoms with Crippen LogP contribution in [0.1, 0.15) is 68.1 Å². The van der Waals surface area contributed by atoms with Crippen molar-refractivity contribution in [1.82, 2.24) is 24.4 Å². The fourth-order valence-electron chi connectivity index (χ4n) is 5.78. The van der Waals surface area contributed by atoms with E-state index >= 15 is 0 Å². The minimum absolute atomic E-state index is 0.0587. The van der Waals surface area contributed by atoms with Gasteiger partial charge in [-0.2, -0.15) is 31.4 Å². The average molecular weight is 612 g/mol. The van der Waals surface area contributed by atoms with E-state index in [0.29, 0.717) is 16.9 Å². The van der Waals surface area contributed by atoms with E-state index in [4.69, 9.17) is 0 Å². The molecule has 3 aromatic rings. The molecule has 1 N–H and O–H groups in total. The minimum atomic E-state index is -4.80. The van der Waals surface area contributed by atoms with E-state index in [2.05, 4.69) is 10.1 Å². The number of alkyl halides is 6. The average Bonchev–Trinajstić information content (AvgIpc) is 3.32. The summed E-state index contributed by atoms with van der Waals surface area (Å²) in [5, 5.41) is 14.3. The fourth-order valence-corrected chi connectivity index (χ4v) is 5.78. The van der Waals surface area contributed by atoms with Crippen LogP contribution in [0, 0.1) is 5.92 Å². The van der Waals surface area contributed by atoms with Gasteiger partial charge in [0.1, 0.15) is 5.69 Å². The summed E-state index contributed by atoms with van der Waals surface area (Å²) in [6, 6.07) is 6.36. The summed E-state index contributed by atoms with van der Waals surface area (Å²) in [6.45, 7) is 7.62. The highest BCUT2D eigenvalue weighted by Crippen LogP contribution is 2.49. The lowest BCUT2D eigenvalue weighted by Crippen LogP contribution is -2.65. The Morgan fingerprint density at radius 1 is 1.02 bits per heavy atom. The van der Waals surface area contributed by atoms with Gasteiger partial charge in [0.15, 0.2) is 11.2 Å². The van der Waals surface area contributed by atoms with Gasteiger partial charge in [-0.1, -0.05) is 26.0 Å². The highest BCUT2D eigenvalue weighted by Gasteiger charge is 2.63. The van der Waals surface area contributed by atoms with Gasteiger partial charge in [-0.05, 0) is 50.8 Å². The van der Waals surface area contributed by atoms with Crippen LogP contribution in [-0.2, 0) is 11.0 Å². The molecule has 2 amide bonds. The number of nitrogens with zero attached hydrogens (tertiary/aromatic N) is 5. The molecular weight excluding hydrogens is 580 g/mol. The predicted octanol–water partition coefficient (Wildman–Crippen LogP) is 5.30. The standard InChI is InChI=1S/C29H31F6N5O3/c1-16(2)20-11-21(17-5-7-19(8-6-17)28(30,31)32)37-40-14-22(36-23(20)40)25(42)39-10-9-38(15-26(39,3)4)24(41)18-12-27(43,13-18)29(33,34)35/h5-8,11,14,16,18,43H,9-10,12-13,15H2,1-4H3. The second kappa shape index (κ2) is 10.2. The van der Waals surface area contributed by atoms with Crippen molar-refractivity contribution in [3.63, 3.8) is 0 Å². The molecule has 2 aliphatic rings. The molecular formula is C29H31F6N5O3. The second-order valence-corrected chi connectivity index (χ2v) is 12.3. The van der Waals surface area contributed by atoms with Crippen molar-refractivity contribution < 1.29 is 41.0 Å². The molecule has 2 fully saturated rings. The Morgan fingerprint density at radius 2 is 1.65 bits per heavy atom. The topological polar surface area (TPSA) is 91.0 Å².